The predicted molar refractivity (Wildman–Crippen MR) is 132 cm³/mol. The first kappa shape index (κ1) is 20.4. The van der Waals surface area contributed by atoms with Gasteiger partial charge in [-0.25, -0.2) is 15.0 Å². The highest BCUT2D eigenvalue weighted by Crippen LogP contribution is 2.25. The number of fused-ring (bicyclic) bond motifs is 4. The van der Waals surface area contributed by atoms with Gasteiger partial charge in [-0.15, -0.1) is 0 Å². The number of nitro groups is 1. The molecule has 0 N–H and O–H groups in total. The Balaban J connectivity index is 1.64. The second kappa shape index (κ2) is 7.96. The molecule has 0 saturated heterocycles. The van der Waals surface area contributed by atoms with Gasteiger partial charge in [-0.2, -0.15) is 9.78 Å². The molecule has 0 amide bonds. The van der Waals surface area contributed by atoms with Crippen LogP contribution in [0.5, 0.6) is 0 Å². The van der Waals surface area contributed by atoms with Crippen molar-refractivity contribution < 1.29 is 4.92 Å². The zero-order chi connectivity index (χ0) is 23.9. The molecule has 0 radical (unpaired) electrons. The number of aromatic nitrogens is 5. The van der Waals surface area contributed by atoms with Gasteiger partial charge < -0.3 is 0 Å². The second-order valence-corrected chi connectivity index (χ2v) is 7.75. The molecule has 0 aliphatic heterocycles. The van der Waals surface area contributed by atoms with E-state index in [9.17, 15) is 14.9 Å². The highest BCUT2D eigenvalue weighted by Gasteiger charge is 2.20. The topological polar surface area (TPSA) is 121 Å². The number of benzene rings is 3. The minimum atomic E-state index is -0.469. The lowest BCUT2D eigenvalue weighted by atomic mass is 10.2. The summed E-state index contributed by atoms with van der Waals surface area (Å²) in [5.74, 6) is 0. The summed E-state index contributed by atoms with van der Waals surface area (Å²) in [6, 6.07) is 22.6. The van der Waals surface area contributed by atoms with E-state index in [-0.39, 0.29) is 22.3 Å². The molecule has 10 nitrogen and oxygen atoms in total. The maximum atomic E-state index is 13.6. The zero-order valence-corrected chi connectivity index (χ0v) is 18.0. The van der Waals surface area contributed by atoms with Gasteiger partial charge >= 0.3 is 0 Å². The van der Waals surface area contributed by atoms with Crippen LogP contribution in [0.1, 0.15) is 5.56 Å². The van der Waals surface area contributed by atoms with Gasteiger partial charge in [0, 0.05) is 17.7 Å². The van der Waals surface area contributed by atoms with Gasteiger partial charge in [0.2, 0.25) is 0 Å². The molecule has 0 saturated carbocycles. The molecule has 6 aromatic rings. The molecule has 3 aromatic carbocycles. The van der Waals surface area contributed by atoms with Crippen molar-refractivity contribution >= 4 is 45.1 Å². The van der Waals surface area contributed by atoms with Gasteiger partial charge in [0.05, 0.1) is 27.9 Å². The van der Waals surface area contributed by atoms with E-state index < -0.39 is 4.92 Å². The summed E-state index contributed by atoms with van der Waals surface area (Å²) in [5, 5.41) is 15.9. The van der Waals surface area contributed by atoms with E-state index in [0.29, 0.717) is 33.4 Å². The maximum Gasteiger partial charge on any atom is 0.270 e. The number of nitro benzene ring substituents is 1. The monoisotopic (exact) mass is 461 g/mol. The molecular weight excluding hydrogens is 446 g/mol. The van der Waals surface area contributed by atoms with Gasteiger partial charge in [0.25, 0.3) is 11.2 Å². The van der Waals surface area contributed by atoms with Crippen LogP contribution in [-0.4, -0.2) is 35.3 Å². The Morgan fingerprint density at radius 3 is 2.40 bits per heavy atom. The summed E-state index contributed by atoms with van der Waals surface area (Å²) < 4.78 is 2.90. The first-order valence-corrected chi connectivity index (χ1v) is 10.6. The minimum absolute atomic E-state index is 0.0502. The lowest BCUT2D eigenvalue weighted by molar-refractivity contribution is -0.384. The Hall–Kier alpha value is -5.25. The molecule has 168 valence electrons. The molecule has 0 unspecified atom stereocenters. The van der Waals surface area contributed by atoms with Crippen molar-refractivity contribution in [1.82, 2.24) is 24.2 Å². The molecule has 0 bridgehead atoms. The SMILES string of the molecule is O=c1c2c3nc4ccccc4nc3n(/N=C/c3cccc([N+](=O)[O-])c3)c2ncn1-c1ccccc1. The maximum absolute atomic E-state index is 13.6. The molecule has 0 fully saturated rings. The van der Waals surface area contributed by atoms with Crippen LogP contribution in [0.4, 0.5) is 5.69 Å². The molecule has 35 heavy (non-hydrogen) atoms. The van der Waals surface area contributed by atoms with Crippen molar-refractivity contribution in [3.63, 3.8) is 0 Å². The second-order valence-electron chi connectivity index (χ2n) is 7.75. The Morgan fingerprint density at radius 1 is 0.886 bits per heavy atom. The highest BCUT2D eigenvalue weighted by atomic mass is 16.6. The fraction of sp³-hybridized carbons (Fsp3) is 0. The van der Waals surface area contributed by atoms with Crippen molar-refractivity contribution in [2.75, 3.05) is 0 Å². The Labute approximate surface area is 196 Å². The van der Waals surface area contributed by atoms with Crippen molar-refractivity contribution in [3.05, 3.63) is 111 Å². The van der Waals surface area contributed by atoms with Crippen LogP contribution in [0.3, 0.4) is 0 Å². The normalized spacial score (nSPS) is 11.7. The van der Waals surface area contributed by atoms with Crippen molar-refractivity contribution in [2.45, 2.75) is 0 Å². The van der Waals surface area contributed by atoms with Gasteiger partial charge in [-0.3, -0.25) is 19.5 Å². The van der Waals surface area contributed by atoms with E-state index in [1.807, 2.05) is 54.6 Å². The number of hydrogen-bond acceptors (Lipinski definition) is 7. The number of hydrogen-bond donors (Lipinski definition) is 0. The summed E-state index contributed by atoms with van der Waals surface area (Å²) >= 11 is 0. The molecule has 0 aliphatic rings. The molecule has 0 spiro atoms. The molecule has 0 atom stereocenters. The van der Waals surface area contributed by atoms with Crippen molar-refractivity contribution in [1.29, 1.82) is 0 Å². The molecule has 0 aliphatic carbocycles. The summed E-state index contributed by atoms with van der Waals surface area (Å²) in [6.07, 6.45) is 2.91. The first-order chi connectivity index (χ1) is 17.1. The minimum Gasteiger partial charge on any atom is -0.268 e. The van der Waals surface area contributed by atoms with Gasteiger partial charge in [0.1, 0.15) is 17.2 Å². The number of para-hydroxylation sites is 3. The van der Waals surface area contributed by atoms with Crippen LogP contribution < -0.4 is 5.56 Å². The first-order valence-electron chi connectivity index (χ1n) is 10.6. The number of rotatable bonds is 4. The molecule has 3 aromatic heterocycles. The quantitative estimate of drug-likeness (QED) is 0.222. The molecule has 6 rings (SSSR count). The fourth-order valence-electron chi connectivity index (χ4n) is 3.94. The number of nitrogens with zero attached hydrogens (tertiary/aromatic N) is 7. The van der Waals surface area contributed by atoms with Crippen molar-refractivity contribution in [2.24, 2.45) is 5.10 Å². The third-order valence-electron chi connectivity index (χ3n) is 5.58. The van der Waals surface area contributed by atoms with Gasteiger partial charge in [0.15, 0.2) is 11.3 Å². The smallest absolute Gasteiger partial charge is 0.268 e. The standard InChI is InChI=1S/C25H15N7O3/c33-25-21-22-24(29-20-12-5-4-11-19(20)28-22)31(27-14-16-7-6-10-18(13-16)32(34)35)23(21)26-15-30(25)17-8-2-1-3-9-17/h1-15H/b27-14+. The number of non-ortho nitro benzene ring substituents is 1. The van der Waals surface area contributed by atoms with Crippen LogP contribution in [-0.2, 0) is 0 Å². The van der Waals surface area contributed by atoms with Gasteiger partial charge in [-0.1, -0.05) is 42.5 Å². The van der Waals surface area contributed by atoms with Crippen LogP contribution in [0.2, 0.25) is 0 Å². The van der Waals surface area contributed by atoms with Crippen LogP contribution in [0.25, 0.3) is 38.9 Å². The van der Waals surface area contributed by atoms with Gasteiger partial charge in [-0.05, 0) is 24.3 Å². The summed E-state index contributed by atoms with van der Waals surface area (Å²) in [4.78, 5) is 38.2. The third-order valence-corrected chi connectivity index (χ3v) is 5.58. The molecule has 3 heterocycles. The largest absolute Gasteiger partial charge is 0.270 e. The van der Waals surface area contributed by atoms with Crippen LogP contribution >= 0.6 is 0 Å². The Morgan fingerprint density at radius 2 is 1.63 bits per heavy atom. The Bertz CT molecular complexity index is 1860. The lowest BCUT2D eigenvalue weighted by Gasteiger charge is -2.04. The highest BCUT2D eigenvalue weighted by molar-refractivity contribution is 6.05. The Kier molecular flexibility index (Phi) is 4.63. The van der Waals surface area contributed by atoms with E-state index in [1.165, 1.54) is 33.9 Å². The molecular formula is C25H15N7O3. The lowest BCUT2D eigenvalue weighted by Crippen LogP contribution is -2.18. The molecule has 10 heteroatoms. The average Bonchev–Trinajstić information content (AvgIpc) is 3.20. The van der Waals surface area contributed by atoms with Crippen molar-refractivity contribution in [3.8, 4) is 5.69 Å². The summed E-state index contributed by atoms with van der Waals surface area (Å²) in [7, 11) is 0. The summed E-state index contributed by atoms with van der Waals surface area (Å²) in [6.45, 7) is 0. The average molecular weight is 461 g/mol. The predicted octanol–water partition coefficient (Wildman–Crippen LogP) is 4.07. The van der Waals surface area contributed by atoms with E-state index in [2.05, 4.69) is 10.1 Å². The zero-order valence-electron chi connectivity index (χ0n) is 18.0. The van der Waals surface area contributed by atoms with Crippen LogP contribution in [0, 0.1) is 10.1 Å². The van der Waals surface area contributed by atoms with E-state index in [1.54, 1.807) is 12.1 Å². The fourth-order valence-corrected chi connectivity index (χ4v) is 3.94. The van der Waals surface area contributed by atoms with Crippen LogP contribution in [0.15, 0.2) is 95.1 Å². The summed E-state index contributed by atoms with van der Waals surface area (Å²) in [5.41, 5.74) is 3.12. The van der Waals surface area contributed by atoms with E-state index >= 15 is 0 Å². The third kappa shape index (κ3) is 3.40. The van der Waals surface area contributed by atoms with E-state index in [4.69, 9.17) is 9.97 Å². The van der Waals surface area contributed by atoms with E-state index in [0.717, 1.165) is 0 Å².